The van der Waals surface area contributed by atoms with Gasteiger partial charge in [-0.3, -0.25) is 38.6 Å². The molecule has 1 saturated carbocycles. The standard InChI is InChI=1S/C48H57N9O6/c1-3-20-56(21-4-2)48(63)38-23-35-13-14-36(24-40(35)53-41(49)25-38)47(62)54-42-26-39-30-55(22-17-37(39)27-52-42)28-31-5-9-33(10-6-31)45(60)50-18-19-51-46(61)34-11-7-32(8-12-34)29-57-43(58)15-16-44(57)59/h5-6,9-10,13-16,23-24,26-27,32,34H,3-4,7-8,11-12,17-22,25,28-30H2,1-2H3,(H2,49,53)(H,50,60)(H,51,61)(H,52,54,62). The van der Waals surface area contributed by atoms with Crippen LogP contribution in [-0.4, -0.2) is 100 Å². The maximum Gasteiger partial charge on any atom is 0.256 e. The molecule has 4 aliphatic rings. The maximum absolute atomic E-state index is 13.5. The molecule has 1 aromatic heterocycles. The average Bonchev–Trinajstić information content (AvgIpc) is 3.49. The molecule has 0 radical (unpaired) electrons. The van der Waals surface area contributed by atoms with Crippen LogP contribution >= 0.6 is 0 Å². The van der Waals surface area contributed by atoms with E-state index in [2.05, 4.69) is 44.7 Å². The third-order valence-electron chi connectivity index (χ3n) is 12.1. The van der Waals surface area contributed by atoms with Gasteiger partial charge in [-0.25, -0.2) is 9.98 Å². The van der Waals surface area contributed by atoms with Crippen molar-refractivity contribution in [1.82, 2.24) is 30.3 Å². The maximum atomic E-state index is 13.5. The molecule has 0 atom stereocenters. The van der Waals surface area contributed by atoms with Gasteiger partial charge in [0.25, 0.3) is 23.6 Å². The van der Waals surface area contributed by atoms with E-state index in [1.54, 1.807) is 18.2 Å². The van der Waals surface area contributed by atoms with Crippen molar-refractivity contribution >= 4 is 58.9 Å². The number of hydrogen-bond acceptors (Lipinski definition) is 10. The van der Waals surface area contributed by atoms with Crippen molar-refractivity contribution in [3.8, 4) is 0 Å². The third kappa shape index (κ3) is 11.3. The molecule has 1 fully saturated rings. The number of hydrogen-bond donors (Lipinski definition) is 4. The van der Waals surface area contributed by atoms with Gasteiger partial charge in [-0.1, -0.05) is 32.0 Å². The highest BCUT2D eigenvalue weighted by atomic mass is 16.2. The number of anilines is 1. The fraction of sp³-hybridized carbons (Fsp3) is 0.417. The van der Waals surface area contributed by atoms with Gasteiger partial charge in [0.15, 0.2) is 0 Å². The second-order valence-electron chi connectivity index (χ2n) is 16.9. The largest absolute Gasteiger partial charge is 0.387 e. The monoisotopic (exact) mass is 855 g/mol. The lowest BCUT2D eigenvalue weighted by Gasteiger charge is -2.30. The zero-order valence-electron chi connectivity index (χ0n) is 36.2. The lowest BCUT2D eigenvalue weighted by molar-refractivity contribution is -0.138. The van der Waals surface area contributed by atoms with E-state index in [4.69, 9.17) is 5.73 Å². The molecule has 63 heavy (non-hydrogen) atoms. The smallest absolute Gasteiger partial charge is 0.256 e. The van der Waals surface area contributed by atoms with E-state index >= 15 is 0 Å². The summed E-state index contributed by atoms with van der Waals surface area (Å²) in [5.41, 5.74) is 12.3. The van der Waals surface area contributed by atoms with Gasteiger partial charge in [-0.15, -0.1) is 0 Å². The highest BCUT2D eigenvalue weighted by Crippen LogP contribution is 2.31. The minimum Gasteiger partial charge on any atom is -0.387 e. The Bertz CT molecular complexity index is 2310. The quantitative estimate of drug-likeness (QED) is 0.114. The molecule has 3 aromatic rings. The van der Waals surface area contributed by atoms with Gasteiger partial charge >= 0.3 is 0 Å². The van der Waals surface area contributed by atoms with Crippen LogP contribution in [0.3, 0.4) is 0 Å². The SMILES string of the molecule is CCCN(CCC)C(=O)C1=Cc2ccc(C(=O)Nc3cc4c(cn3)CCN(Cc3ccc(C(=O)NCCNC(=O)C5CCC(CN6C(=O)C=CC6=O)CC5)cc3)C4)cc2N=C(N)C1. The molecular weight excluding hydrogens is 799 g/mol. The Kier molecular flexibility index (Phi) is 14.6. The van der Waals surface area contributed by atoms with E-state index < -0.39 is 0 Å². The summed E-state index contributed by atoms with van der Waals surface area (Å²) in [5.74, 6) is -0.315. The number of rotatable bonds is 16. The molecule has 5 N–H and O–H groups in total. The summed E-state index contributed by atoms with van der Waals surface area (Å²) in [6.45, 7) is 8.65. The van der Waals surface area contributed by atoms with Crippen LogP contribution in [-0.2, 0) is 38.7 Å². The van der Waals surface area contributed by atoms with Gasteiger partial charge < -0.3 is 26.6 Å². The normalized spacial score (nSPS) is 18.4. The van der Waals surface area contributed by atoms with Crippen LogP contribution < -0.4 is 21.7 Å². The van der Waals surface area contributed by atoms with Gasteiger partial charge in [-0.05, 0) is 104 Å². The summed E-state index contributed by atoms with van der Waals surface area (Å²) in [5, 5.41) is 8.77. The summed E-state index contributed by atoms with van der Waals surface area (Å²) in [7, 11) is 0. The zero-order chi connectivity index (χ0) is 44.5. The highest BCUT2D eigenvalue weighted by molar-refractivity contribution is 6.13. The number of amides is 6. The Hall–Kier alpha value is -6.48. The number of fused-ring (bicyclic) bond motifs is 2. The molecule has 0 spiro atoms. The minimum absolute atomic E-state index is 0.0355. The van der Waals surface area contributed by atoms with Crippen molar-refractivity contribution in [2.45, 2.75) is 78.3 Å². The van der Waals surface area contributed by atoms with Crippen molar-refractivity contribution in [3.63, 3.8) is 0 Å². The Morgan fingerprint density at radius 2 is 1.54 bits per heavy atom. The van der Waals surface area contributed by atoms with E-state index in [1.165, 1.54) is 17.1 Å². The number of nitrogens with two attached hydrogens (primary N) is 1. The average molecular weight is 856 g/mol. The van der Waals surface area contributed by atoms with Crippen molar-refractivity contribution in [1.29, 1.82) is 0 Å². The lowest BCUT2D eigenvalue weighted by Crippen LogP contribution is -2.40. The first-order chi connectivity index (χ1) is 30.5. The lowest BCUT2D eigenvalue weighted by atomic mass is 9.81. The van der Waals surface area contributed by atoms with Crippen LogP contribution in [0.2, 0.25) is 0 Å². The van der Waals surface area contributed by atoms with Crippen LogP contribution in [0.1, 0.15) is 102 Å². The Morgan fingerprint density at radius 3 is 2.25 bits per heavy atom. The molecule has 1 aliphatic carbocycles. The number of imide groups is 1. The molecule has 15 nitrogen and oxygen atoms in total. The summed E-state index contributed by atoms with van der Waals surface area (Å²) < 4.78 is 0. The Balaban J connectivity index is 0.856. The summed E-state index contributed by atoms with van der Waals surface area (Å²) in [6.07, 6.45) is 12.0. The zero-order valence-corrected chi connectivity index (χ0v) is 36.2. The summed E-state index contributed by atoms with van der Waals surface area (Å²) in [4.78, 5) is 90.8. The van der Waals surface area contributed by atoms with Crippen LogP contribution in [0.15, 0.2) is 77.4 Å². The number of carbonyl (C=O) groups is 6. The van der Waals surface area contributed by atoms with Gasteiger partial charge in [0.2, 0.25) is 11.8 Å². The molecule has 330 valence electrons. The van der Waals surface area contributed by atoms with Crippen LogP contribution in [0, 0.1) is 11.8 Å². The molecular formula is C48H57N9O6. The van der Waals surface area contributed by atoms with Crippen molar-refractivity contribution in [2.75, 3.05) is 44.6 Å². The van der Waals surface area contributed by atoms with Crippen molar-refractivity contribution in [3.05, 3.63) is 106 Å². The number of amidine groups is 1. The third-order valence-corrected chi connectivity index (χ3v) is 12.1. The molecule has 2 aromatic carbocycles. The molecule has 0 bridgehead atoms. The van der Waals surface area contributed by atoms with Crippen molar-refractivity contribution < 1.29 is 28.8 Å². The fourth-order valence-corrected chi connectivity index (χ4v) is 8.72. The molecule has 0 unspecified atom stereocenters. The Labute approximate surface area is 368 Å². The minimum atomic E-state index is -0.330. The molecule has 3 aliphatic heterocycles. The van der Waals surface area contributed by atoms with Gasteiger partial charge in [0, 0.05) is 105 Å². The predicted molar refractivity (Wildman–Crippen MR) is 241 cm³/mol. The fourth-order valence-electron chi connectivity index (χ4n) is 8.72. The number of nitrogens with zero attached hydrogens (tertiary/aromatic N) is 5. The Morgan fingerprint density at radius 1 is 0.841 bits per heavy atom. The van der Waals surface area contributed by atoms with Crippen LogP contribution in [0.4, 0.5) is 11.5 Å². The molecule has 7 rings (SSSR count). The van der Waals surface area contributed by atoms with E-state index in [9.17, 15) is 28.8 Å². The first-order valence-electron chi connectivity index (χ1n) is 22.1. The number of pyridine rings is 1. The van der Waals surface area contributed by atoms with Crippen LogP contribution in [0.5, 0.6) is 0 Å². The topological polar surface area (TPSA) is 200 Å². The number of aliphatic imine (C=N–C) groups is 1. The predicted octanol–water partition coefficient (Wildman–Crippen LogP) is 4.89. The number of nitrogens with one attached hydrogen (secondary N) is 3. The molecule has 4 heterocycles. The highest BCUT2D eigenvalue weighted by Gasteiger charge is 2.31. The summed E-state index contributed by atoms with van der Waals surface area (Å²) >= 11 is 0. The second kappa shape index (κ2) is 20.6. The first-order valence-corrected chi connectivity index (χ1v) is 22.1. The van der Waals surface area contributed by atoms with E-state index in [0.717, 1.165) is 60.9 Å². The molecule has 0 saturated heterocycles. The van der Waals surface area contributed by atoms with Gasteiger partial charge in [0.05, 0.1) is 5.69 Å². The first kappa shape index (κ1) is 44.6. The van der Waals surface area contributed by atoms with E-state index in [-0.39, 0.29) is 53.7 Å². The number of benzene rings is 2. The van der Waals surface area contributed by atoms with E-state index in [1.807, 2.05) is 47.5 Å². The number of carbonyl (C=O) groups excluding carboxylic acids is 6. The molecule has 15 heteroatoms. The van der Waals surface area contributed by atoms with E-state index in [0.29, 0.717) is 92.7 Å². The molecule has 6 amide bonds. The van der Waals surface area contributed by atoms with Gasteiger partial charge in [-0.2, -0.15) is 0 Å². The van der Waals surface area contributed by atoms with Crippen molar-refractivity contribution in [2.24, 2.45) is 22.6 Å². The second-order valence-corrected chi connectivity index (χ2v) is 16.9. The van der Waals surface area contributed by atoms with Gasteiger partial charge in [0.1, 0.15) is 11.7 Å². The summed E-state index contributed by atoms with van der Waals surface area (Å²) in [6, 6.07) is 14.6. The van der Waals surface area contributed by atoms with Crippen LogP contribution in [0.25, 0.3) is 6.08 Å². The number of aromatic nitrogens is 1.